The Labute approximate surface area is 118 Å². The summed E-state index contributed by atoms with van der Waals surface area (Å²) in [5.74, 6) is 0. The number of benzene rings is 1. The monoisotopic (exact) mass is 335 g/mol. The fraction of sp³-hybridized carbons (Fsp3) is 0.400. The Morgan fingerprint density at radius 3 is 2.21 bits per heavy atom. The number of alkyl halides is 3. The summed E-state index contributed by atoms with van der Waals surface area (Å²) >= 11 is 11.5. The van der Waals surface area contributed by atoms with Crippen molar-refractivity contribution < 1.29 is 21.6 Å². The molecule has 0 fully saturated rings. The van der Waals surface area contributed by atoms with E-state index in [9.17, 15) is 21.6 Å². The number of aryl methyl sites for hydroxylation is 1. The molecule has 0 aliphatic carbocycles. The van der Waals surface area contributed by atoms with Crippen LogP contribution in [0, 0.1) is 6.92 Å². The molecule has 0 saturated carbocycles. The van der Waals surface area contributed by atoms with Crippen LogP contribution >= 0.6 is 23.2 Å². The van der Waals surface area contributed by atoms with Gasteiger partial charge in [0.25, 0.3) is 0 Å². The van der Waals surface area contributed by atoms with Crippen LogP contribution in [0.3, 0.4) is 0 Å². The molecule has 1 rings (SSSR count). The Morgan fingerprint density at radius 1 is 1.21 bits per heavy atom. The standard InChI is InChI=1S/C10H10Cl2F3NO2S/c1-5-3-4-7(9(12)8(5)11)19(17,18)16-6(2)10(13,14)15/h3-4,6,16H,1-2H3. The summed E-state index contributed by atoms with van der Waals surface area (Å²) in [5.41, 5.74) is 0.523. The second-order valence-electron chi connectivity index (χ2n) is 3.89. The average molecular weight is 336 g/mol. The van der Waals surface area contributed by atoms with Gasteiger partial charge in [0, 0.05) is 0 Å². The van der Waals surface area contributed by atoms with Gasteiger partial charge in [-0.1, -0.05) is 29.3 Å². The zero-order chi connectivity index (χ0) is 15.0. The first-order valence-electron chi connectivity index (χ1n) is 5.00. The molecule has 1 aromatic carbocycles. The maximum atomic E-state index is 12.4. The first-order chi connectivity index (χ1) is 8.47. The number of nitrogens with one attached hydrogen (secondary N) is 1. The molecule has 1 N–H and O–H groups in total. The van der Waals surface area contributed by atoms with Gasteiger partial charge in [0.1, 0.15) is 10.9 Å². The van der Waals surface area contributed by atoms with Crippen LogP contribution in [0.15, 0.2) is 17.0 Å². The summed E-state index contributed by atoms with van der Waals surface area (Å²) in [6.45, 7) is 2.29. The maximum absolute atomic E-state index is 12.4. The van der Waals surface area contributed by atoms with Crippen molar-refractivity contribution in [1.29, 1.82) is 0 Å². The zero-order valence-electron chi connectivity index (χ0n) is 9.85. The highest BCUT2D eigenvalue weighted by Crippen LogP contribution is 2.32. The van der Waals surface area contributed by atoms with E-state index in [4.69, 9.17) is 23.2 Å². The molecule has 0 amide bonds. The van der Waals surface area contributed by atoms with Gasteiger partial charge in [-0.05, 0) is 25.5 Å². The van der Waals surface area contributed by atoms with Gasteiger partial charge in [0.2, 0.25) is 10.0 Å². The molecule has 0 spiro atoms. The Hall–Kier alpha value is -0.500. The molecular weight excluding hydrogens is 326 g/mol. The fourth-order valence-corrected chi connectivity index (χ4v) is 3.25. The SMILES string of the molecule is Cc1ccc(S(=O)(=O)NC(C)C(F)(F)F)c(Cl)c1Cl. The smallest absolute Gasteiger partial charge is 0.207 e. The van der Waals surface area contributed by atoms with Gasteiger partial charge in [-0.3, -0.25) is 0 Å². The van der Waals surface area contributed by atoms with Crippen molar-refractivity contribution in [3.8, 4) is 0 Å². The Kier molecular flexibility index (Phi) is 4.77. The van der Waals surface area contributed by atoms with E-state index < -0.39 is 27.1 Å². The van der Waals surface area contributed by atoms with Crippen LogP contribution in [-0.2, 0) is 10.0 Å². The molecule has 19 heavy (non-hydrogen) atoms. The Bertz CT molecular complexity index is 587. The molecule has 0 aliphatic heterocycles. The normalized spacial score (nSPS) is 14.5. The number of rotatable bonds is 3. The summed E-state index contributed by atoms with van der Waals surface area (Å²) in [5, 5.41) is -0.312. The van der Waals surface area contributed by atoms with Crippen LogP contribution in [0.4, 0.5) is 13.2 Å². The third kappa shape index (κ3) is 3.75. The summed E-state index contributed by atoms with van der Waals surface area (Å²) in [7, 11) is -4.40. The predicted molar refractivity (Wildman–Crippen MR) is 67.0 cm³/mol. The molecule has 3 nitrogen and oxygen atoms in total. The molecule has 0 radical (unpaired) electrons. The lowest BCUT2D eigenvalue weighted by molar-refractivity contribution is -0.147. The molecule has 1 unspecified atom stereocenters. The second-order valence-corrected chi connectivity index (χ2v) is 6.33. The van der Waals surface area contributed by atoms with Crippen molar-refractivity contribution in [2.24, 2.45) is 0 Å². The van der Waals surface area contributed by atoms with Gasteiger partial charge in [-0.15, -0.1) is 0 Å². The van der Waals surface area contributed by atoms with Gasteiger partial charge in [0.15, 0.2) is 0 Å². The molecule has 0 bridgehead atoms. The minimum atomic E-state index is -4.69. The molecule has 108 valence electrons. The topological polar surface area (TPSA) is 46.2 Å². The summed E-state index contributed by atoms with van der Waals surface area (Å²) < 4.78 is 62.2. The molecule has 0 aromatic heterocycles. The molecular formula is C10H10Cl2F3NO2S. The lowest BCUT2D eigenvalue weighted by Gasteiger charge is -2.18. The van der Waals surface area contributed by atoms with E-state index in [1.165, 1.54) is 10.8 Å². The number of hydrogen-bond acceptors (Lipinski definition) is 2. The number of hydrogen-bond donors (Lipinski definition) is 1. The average Bonchev–Trinajstić information content (AvgIpc) is 2.23. The van der Waals surface area contributed by atoms with E-state index in [0.717, 1.165) is 6.07 Å². The van der Waals surface area contributed by atoms with E-state index in [1.807, 2.05) is 0 Å². The van der Waals surface area contributed by atoms with Crippen LogP contribution in [-0.4, -0.2) is 20.6 Å². The van der Waals surface area contributed by atoms with E-state index in [0.29, 0.717) is 12.5 Å². The molecule has 0 heterocycles. The van der Waals surface area contributed by atoms with Crippen molar-refractivity contribution >= 4 is 33.2 Å². The van der Waals surface area contributed by atoms with Crippen LogP contribution in [0.1, 0.15) is 12.5 Å². The van der Waals surface area contributed by atoms with Crippen LogP contribution in [0.25, 0.3) is 0 Å². The third-order valence-electron chi connectivity index (χ3n) is 2.35. The molecule has 1 aromatic rings. The predicted octanol–water partition coefficient (Wildman–Crippen LogP) is 3.53. The number of halogens is 5. The van der Waals surface area contributed by atoms with Gasteiger partial charge in [-0.2, -0.15) is 17.9 Å². The second kappa shape index (κ2) is 5.47. The van der Waals surface area contributed by atoms with E-state index >= 15 is 0 Å². The fourth-order valence-electron chi connectivity index (χ4n) is 1.20. The lowest BCUT2D eigenvalue weighted by Crippen LogP contribution is -2.43. The quantitative estimate of drug-likeness (QED) is 0.918. The van der Waals surface area contributed by atoms with Gasteiger partial charge in [-0.25, -0.2) is 8.42 Å². The van der Waals surface area contributed by atoms with E-state index in [1.54, 1.807) is 6.92 Å². The molecule has 9 heteroatoms. The van der Waals surface area contributed by atoms with E-state index in [2.05, 4.69) is 0 Å². The summed E-state index contributed by atoms with van der Waals surface area (Å²) in [6.07, 6.45) is -4.69. The highest BCUT2D eigenvalue weighted by molar-refractivity contribution is 7.89. The molecule has 1 atom stereocenters. The third-order valence-corrected chi connectivity index (χ3v) is 5.02. The zero-order valence-corrected chi connectivity index (χ0v) is 12.2. The highest BCUT2D eigenvalue weighted by Gasteiger charge is 2.39. The molecule has 0 saturated heterocycles. The van der Waals surface area contributed by atoms with Crippen molar-refractivity contribution in [1.82, 2.24) is 4.72 Å². The van der Waals surface area contributed by atoms with Crippen molar-refractivity contribution in [3.05, 3.63) is 27.7 Å². The van der Waals surface area contributed by atoms with Crippen LogP contribution < -0.4 is 4.72 Å². The number of sulfonamides is 1. The Morgan fingerprint density at radius 2 is 1.74 bits per heavy atom. The van der Waals surface area contributed by atoms with Crippen molar-refractivity contribution in [2.75, 3.05) is 0 Å². The van der Waals surface area contributed by atoms with Crippen LogP contribution in [0.2, 0.25) is 10.0 Å². The summed E-state index contributed by atoms with van der Waals surface area (Å²) in [4.78, 5) is -0.485. The minimum Gasteiger partial charge on any atom is -0.207 e. The van der Waals surface area contributed by atoms with Crippen molar-refractivity contribution in [3.63, 3.8) is 0 Å². The molecule has 0 aliphatic rings. The minimum absolute atomic E-state index is 0.01000. The van der Waals surface area contributed by atoms with Gasteiger partial charge in [0.05, 0.1) is 10.0 Å². The highest BCUT2D eigenvalue weighted by atomic mass is 35.5. The van der Waals surface area contributed by atoms with E-state index in [-0.39, 0.29) is 10.0 Å². The maximum Gasteiger partial charge on any atom is 0.404 e. The first-order valence-corrected chi connectivity index (χ1v) is 7.24. The van der Waals surface area contributed by atoms with Gasteiger partial charge >= 0.3 is 6.18 Å². The summed E-state index contributed by atoms with van der Waals surface area (Å²) in [6, 6.07) is 0.240. The van der Waals surface area contributed by atoms with Crippen molar-refractivity contribution in [2.45, 2.75) is 31.0 Å². The lowest BCUT2D eigenvalue weighted by atomic mass is 10.2. The first kappa shape index (κ1) is 16.6. The van der Waals surface area contributed by atoms with Gasteiger partial charge < -0.3 is 0 Å². The Balaban J connectivity index is 3.19. The van der Waals surface area contributed by atoms with Crippen LogP contribution in [0.5, 0.6) is 0 Å². The largest absolute Gasteiger partial charge is 0.404 e.